The van der Waals surface area contributed by atoms with E-state index in [0.29, 0.717) is 5.56 Å². The molecule has 0 aliphatic heterocycles. The van der Waals surface area contributed by atoms with Gasteiger partial charge in [-0.3, -0.25) is 0 Å². The van der Waals surface area contributed by atoms with Crippen molar-refractivity contribution in [3.8, 4) is 5.75 Å². The highest BCUT2D eigenvalue weighted by Crippen LogP contribution is 2.20. The first-order valence-corrected chi connectivity index (χ1v) is 3.65. The maximum Gasteiger partial charge on any atom is 0.325 e. The zero-order valence-corrected chi connectivity index (χ0v) is 6.91. The first kappa shape index (κ1) is 8.53. The minimum Gasteiger partial charge on any atom is -0.866 e. The predicted molar refractivity (Wildman–Crippen MR) is 47.4 cm³/mol. The average Bonchev–Trinajstić information content (AvgIpc) is 2.09. The summed E-state index contributed by atoms with van der Waals surface area (Å²) >= 11 is 0. The zero-order valence-electron chi connectivity index (χ0n) is 6.91. The standard InChI is InChI=1S/C10H10O2/c1-3-5-9-8(4-2)6-12-7-10(9)11/h3-7H,2H2,1H3/b5-3+. The maximum atomic E-state index is 11.2. The van der Waals surface area contributed by atoms with Gasteiger partial charge in [-0.25, -0.2) is 4.42 Å². The summed E-state index contributed by atoms with van der Waals surface area (Å²) in [5.74, 6) is -0.120. The van der Waals surface area contributed by atoms with Crippen LogP contribution in [-0.2, 0) is 0 Å². The molecule has 1 rings (SSSR count). The molecule has 2 nitrogen and oxygen atoms in total. The summed E-state index contributed by atoms with van der Waals surface area (Å²) in [4.78, 5) is 0. The van der Waals surface area contributed by atoms with Gasteiger partial charge in [0.2, 0.25) is 0 Å². The Hall–Kier alpha value is -1.57. The molecule has 0 unspecified atom stereocenters. The number of allylic oxidation sites excluding steroid dienone is 1. The van der Waals surface area contributed by atoms with E-state index in [2.05, 4.69) is 6.58 Å². The van der Waals surface area contributed by atoms with Crippen LogP contribution in [0.3, 0.4) is 0 Å². The van der Waals surface area contributed by atoms with Crippen LogP contribution in [0.2, 0.25) is 0 Å². The van der Waals surface area contributed by atoms with Crippen molar-refractivity contribution >= 4 is 12.2 Å². The fraction of sp³-hybridized carbons (Fsp3) is 0.100. The zero-order chi connectivity index (χ0) is 8.97. The van der Waals surface area contributed by atoms with Crippen LogP contribution >= 0.6 is 0 Å². The summed E-state index contributed by atoms with van der Waals surface area (Å²) in [6.07, 6.45) is 7.84. The van der Waals surface area contributed by atoms with Crippen molar-refractivity contribution in [3.05, 3.63) is 36.3 Å². The van der Waals surface area contributed by atoms with Crippen molar-refractivity contribution in [3.63, 3.8) is 0 Å². The van der Waals surface area contributed by atoms with E-state index in [4.69, 9.17) is 4.42 Å². The molecule has 1 aromatic heterocycles. The van der Waals surface area contributed by atoms with Gasteiger partial charge in [-0.1, -0.05) is 24.8 Å². The van der Waals surface area contributed by atoms with Gasteiger partial charge in [0.15, 0.2) is 0 Å². The first-order chi connectivity index (χ1) is 5.79. The molecule has 0 aliphatic rings. The first-order valence-electron chi connectivity index (χ1n) is 3.65. The van der Waals surface area contributed by atoms with Crippen LogP contribution in [-0.4, -0.2) is 0 Å². The molecule has 0 aliphatic carbocycles. The highest BCUT2D eigenvalue weighted by atomic mass is 16.3. The summed E-state index contributed by atoms with van der Waals surface area (Å²) < 4.78 is 4.80. The van der Waals surface area contributed by atoms with Gasteiger partial charge in [0, 0.05) is 0 Å². The Morgan fingerprint density at radius 2 is 2.25 bits per heavy atom. The van der Waals surface area contributed by atoms with Crippen LogP contribution in [0.5, 0.6) is 5.75 Å². The van der Waals surface area contributed by atoms with Crippen molar-refractivity contribution in [2.75, 3.05) is 0 Å². The van der Waals surface area contributed by atoms with E-state index >= 15 is 0 Å². The molecule has 0 fully saturated rings. The number of hydrogen-bond acceptors (Lipinski definition) is 1. The van der Waals surface area contributed by atoms with Crippen LogP contribution in [0.1, 0.15) is 18.1 Å². The molecule has 1 heterocycles. The highest BCUT2D eigenvalue weighted by Gasteiger charge is 2.02. The molecule has 12 heavy (non-hydrogen) atoms. The Kier molecular flexibility index (Phi) is 2.64. The molecule has 0 bridgehead atoms. The van der Waals surface area contributed by atoms with Gasteiger partial charge in [0.1, 0.15) is 0 Å². The minimum atomic E-state index is -0.120. The van der Waals surface area contributed by atoms with Crippen molar-refractivity contribution in [2.24, 2.45) is 0 Å². The van der Waals surface area contributed by atoms with Crippen molar-refractivity contribution in [1.82, 2.24) is 0 Å². The highest BCUT2D eigenvalue weighted by molar-refractivity contribution is 5.67. The predicted octanol–water partition coefficient (Wildman–Crippen LogP) is 2.31. The quantitative estimate of drug-likeness (QED) is 0.625. The molecule has 0 N–H and O–H groups in total. The summed E-state index contributed by atoms with van der Waals surface area (Å²) in [5, 5.41) is 11.2. The van der Waals surface area contributed by atoms with Gasteiger partial charge in [-0.05, 0) is 18.2 Å². The third-order valence-corrected chi connectivity index (χ3v) is 1.50. The maximum absolute atomic E-state index is 11.2. The average molecular weight is 162 g/mol. The SMILES string of the molecule is C=Cc1c[o+]cc([O-])c1/C=C/C. The van der Waals surface area contributed by atoms with Gasteiger partial charge in [-0.15, -0.1) is 0 Å². The van der Waals surface area contributed by atoms with Crippen molar-refractivity contribution < 1.29 is 9.52 Å². The lowest BCUT2D eigenvalue weighted by molar-refractivity contribution is -0.270. The lowest BCUT2D eigenvalue weighted by atomic mass is 10.1. The largest absolute Gasteiger partial charge is 0.866 e. The third-order valence-electron chi connectivity index (χ3n) is 1.50. The fourth-order valence-electron chi connectivity index (χ4n) is 0.941. The molecule has 0 amide bonds. The topological polar surface area (TPSA) is 34.4 Å². The molecule has 0 atom stereocenters. The summed E-state index contributed by atoms with van der Waals surface area (Å²) in [6, 6.07) is 0. The normalized spacial score (nSPS) is 10.4. The molecule has 0 saturated heterocycles. The second-order valence-corrected chi connectivity index (χ2v) is 2.31. The lowest BCUT2D eigenvalue weighted by Gasteiger charge is -2.04. The van der Waals surface area contributed by atoms with Crippen LogP contribution in [0.15, 0.2) is 29.6 Å². The van der Waals surface area contributed by atoms with E-state index in [1.54, 1.807) is 12.2 Å². The van der Waals surface area contributed by atoms with E-state index in [1.807, 2.05) is 13.0 Å². The molecule has 0 radical (unpaired) electrons. The lowest BCUT2D eigenvalue weighted by Crippen LogP contribution is -1.94. The molecule has 0 spiro atoms. The molecular formula is C10H10O2. The molecule has 0 aromatic carbocycles. The van der Waals surface area contributed by atoms with Gasteiger partial charge in [0.05, 0.1) is 5.56 Å². The van der Waals surface area contributed by atoms with Crippen LogP contribution < -0.4 is 5.11 Å². The van der Waals surface area contributed by atoms with Crippen molar-refractivity contribution in [2.45, 2.75) is 6.92 Å². The molecular weight excluding hydrogens is 152 g/mol. The van der Waals surface area contributed by atoms with Crippen molar-refractivity contribution in [1.29, 1.82) is 0 Å². The van der Waals surface area contributed by atoms with Crippen LogP contribution in [0.4, 0.5) is 0 Å². The van der Waals surface area contributed by atoms with E-state index in [-0.39, 0.29) is 5.75 Å². The summed E-state index contributed by atoms with van der Waals surface area (Å²) in [6.45, 7) is 5.44. The van der Waals surface area contributed by atoms with Gasteiger partial charge >= 0.3 is 12.5 Å². The third kappa shape index (κ3) is 1.53. The van der Waals surface area contributed by atoms with Gasteiger partial charge in [-0.2, -0.15) is 0 Å². The second-order valence-electron chi connectivity index (χ2n) is 2.31. The summed E-state index contributed by atoms with van der Waals surface area (Å²) in [7, 11) is 0. The Balaban J connectivity index is 3.28. The second kappa shape index (κ2) is 3.72. The molecule has 62 valence electrons. The molecule has 0 saturated carbocycles. The van der Waals surface area contributed by atoms with E-state index in [9.17, 15) is 5.11 Å². The monoisotopic (exact) mass is 162 g/mol. The minimum absolute atomic E-state index is 0.120. The number of hydrogen-bond donors (Lipinski definition) is 0. The van der Waals surface area contributed by atoms with Crippen LogP contribution in [0, 0.1) is 0 Å². The van der Waals surface area contributed by atoms with Gasteiger partial charge < -0.3 is 5.11 Å². The van der Waals surface area contributed by atoms with E-state index in [1.165, 1.54) is 12.5 Å². The Morgan fingerprint density at radius 3 is 2.83 bits per heavy atom. The van der Waals surface area contributed by atoms with Crippen LogP contribution in [0.25, 0.3) is 12.2 Å². The van der Waals surface area contributed by atoms with E-state index < -0.39 is 0 Å². The summed E-state index contributed by atoms with van der Waals surface area (Å²) in [5.41, 5.74) is 1.35. The fourth-order valence-corrected chi connectivity index (χ4v) is 0.941. The van der Waals surface area contributed by atoms with Gasteiger partial charge in [0.25, 0.3) is 0 Å². The molecule has 1 aromatic rings. The molecule has 2 heteroatoms. The number of rotatable bonds is 2. The smallest absolute Gasteiger partial charge is 0.325 e. The Morgan fingerprint density at radius 1 is 1.50 bits per heavy atom. The van der Waals surface area contributed by atoms with E-state index in [0.717, 1.165) is 5.56 Å². The Labute approximate surface area is 71.5 Å². The Bertz CT molecular complexity index is 314.